The molecule has 25 heavy (non-hydrogen) atoms. The number of furan rings is 1. The number of Topliss-reactive ketones (excluding diaryl/α,β-unsaturated/α-hetero) is 1. The summed E-state index contributed by atoms with van der Waals surface area (Å²) in [7, 11) is 0. The van der Waals surface area contributed by atoms with Crippen LogP contribution in [-0.4, -0.2) is 24.1 Å². The SMILES string of the molecule is CC1=C[C@H]2O[C@@H]3OC(=O)[C@@]4(C)CCC[C@@]3([C@@H]24)[C@H]1CC(=O)c1ccoc1. The van der Waals surface area contributed by atoms with Crippen molar-refractivity contribution in [3.63, 3.8) is 0 Å². The van der Waals surface area contributed by atoms with Crippen molar-refractivity contribution in [2.75, 3.05) is 0 Å². The fraction of sp³-hybridized carbons (Fsp3) is 0.600. The van der Waals surface area contributed by atoms with Crippen molar-refractivity contribution in [2.24, 2.45) is 22.7 Å². The fourth-order valence-corrected chi connectivity index (χ4v) is 6.11. The summed E-state index contributed by atoms with van der Waals surface area (Å²) in [5, 5.41) is 0. The average molecular weight is 342 g/mol. The van der Waals surface area contributed by atoms with Crippen molar-refractivity contribution >= 4 is 11.8 Å². The molecule has 2 aliphatic carbocycles. The molecule has 1 aromatic rings. The van der Waals surface area contributed by atoms with E-state index in [-0.39, 0.29) is 35.1 Å². The van der Waals surface area contributed by atoms with E-state index in [0.29, 0.717) is 12.0 Å². The number of hydrogen-bond acceptors (Lipinski definition) is 5. The predicted octanol–water partition coefficient (Wildman–Crippen LogP) is 3.50. The Morgan fingerprint density at radius 1 is 1.36 bits per heavy atom. The summed E-state index contributed by atoms with van der Waals surface area (Å²) in [6.45, 7) is 4.11. The van der Waals surface area contributed by atoms with Crippen LogP contribution in [0.3, 0.4) is 0 Å². The molecule has 5 heteroatoms. The van der Waals surface area contributed by atoms with Crippen LogP contribution in [0, 0.1) is 22.7 Å². The van der Waals surface area contributed by atoms with Gasteiger partial charge in [0.05, 0.1) is 23.3 Å². The smallest absolute Gasteiger partial charge is 0.314 e. The first-order chi connectivity index (χ1) is 12.0. The van der Waals surface area contributed by atoms with E-state index in [1.165, 1.54) is 18.1 Å². The van der Waals surface area contributed by atoms with E-state index in [1.807, 2.05) is 6.92 Å². The molecule has 132 valence electrons. The van der Waals surface area contributed by atoms with Gasteiger partial charge in [-0.2, -0.15) is 0 Å². The van der Waals surface area contributed by atoms with Gasteiger partial charge in [-0.05, 0) is 38.7 Å². The van der Waals surface area contributed by atoms with Crippen LogP contribution < -0.4 is 0 Å². The third-order valence-corrected chi connectivity index (χ3v) is 7.16. The Balaban J connectivity index is 1.59. The molecule has 5 bridgehead atoms. The van der Waals surface area contributed by atoms with Crippen LogP contribution in [0.5, 0.6) is 0 Å². The fourth-order valence-electron chi connectivity index (χ4n) is 6.11. The van der Waals surface area contributed by atoms with E-state index in [4.69, 9.17) is 13.9 Å². The van der Waals surface area contributed by atoms with Gasteiger partial charge in [0.2, 0.25) is 6.29 Å². The van der Waals surface area contributed by atoms with Crippen LogP contribution in [0.1, 0.15) is 49.9 Å². The molecule has 0 N–H and O–H groups in total. The number of carbonyl (C=O) groups is 2. The second-order valence-corrected chi connectivity index (χ2v) is 8.30. The lowest BCUT2D eigenvalue weighted by atomic mass is 9.46. The molecule has 5 nitrogen and oxygen atoms in total. The van der Waals surface area contributed by atoms with E-state index in [9.17, 15) is 9.59 Å². The van der Waals surface area contributed by atoms with Gasteiger partial charge in [-0.25, -0.2) is 0 Å². The maximum Gasteiger partial charge on any atom is 0.314 e. The topological polar surface area (TPSA) is 65.7 Å². The van der Waals surface area contributed by atoms with Crippen LogP contribution in [-0.2, 0) is 14.3 Å². The molecule has 5 rings (SSSR count). The molecule has 3 fully saturated rings. The van der Waals surface area contributed by atoms with Crippen molar-refractivity contribution in [3.8, 4) is 0 Å². The highest BCUT2D eigenvalue weighted by atomic mass is 16.7. The second-order valence-electron chi connectivity index (χ2n) is 8.30. The molecule has 0 aromatic carbocycles. The summed E-state index contributed by atoms with van der Waals surface area (Å²) in [5.41, 5.74) is 1.00. The number of ether oxygens (including phenoxy) is 2. The quantitative estimate of drug-likeness (QED) is 0.478. The van der Waals surface area contributed by atoms with Gasteiger partial charge in [0.25, 0.3) is 0 Å². The molecular formula is C20H22O5. The number of carbonyl (C=O) groups excluding carboxylic acids is 2. The van der Waals surface area contributed by atoms with Crippen LogP contribution >= 0.6 is 0 Å². The Hall–Kier alpha value is -1.88. The number of allylic oxidation sites excluding steroid dienone is 1. The maximum atomic E-state index is 12.8. The maximum absolute atomic E-state index is 12.8. The molecule has 0 spiro atoms. The first-order valence-electron chi connectivity index (χ1n) is 9.07. The zero-order valence-corrected chi connectivity index (χ0v) is 14.5. The lowest BCUT2D eigenvalue weighted by Crippen LogP contribution is -2.62. The molecule has 0 amide bonds. The summed E-state index contributed by atoms with van der Waals surface area (Å²) < 4.78 is 17.0. The van der Waals surface area contributed by atoms with Gasteiger partial charge in [-0.3, -0.25) is 9.59 Å². The third-order valence-electron chi connectivity index (χ3n) is 7.16. The van der Waals surface area contributed by atoms with Gasteiger partial charge in [0, 0.05) is 17.8 Å². The third kappa shape index (κ3) is 1.77. The van der Waals surface area contributed by atoms with E-state index >= 15 is 0 Å². The second kappa shape index (κ2) is 4.85. The van der Waals surface area contributed by atoms with Gasteiger partial charge in [-0.15, -0.1) is 0 Å². The summed E-state index contributed by atoms with van der Waals surface area (Å²) in [6, 6.07) is 1.71. The minimum absolute atomic E-state index is 0.0383. The van der Waals surface area contributed by atoms with Crippen molar-refractivity contribution in [1.82, 2.24) is 0 Å². The highest BCUT2D eigenvalue weighted by Crippen LogP contribution is 2.69. The Morgan fingerprint density at radius 2 is 2.20 bits per heavy atom. The summed E-state index contributed by atoms with van der Waals surface area (Å²) in [4.78, 5) is 25.4. The zero-order chi connectivity index (χ0) is 17.4. The van der Waals surface area contributed by atoms with Crippen molar-refractivity contribution in [3.05, 3.63) is 35.8 Å². The van der Waals surface area contributed by atoms with E-state index < -0.39 is 11.7 Å². The minimum atomic E-state index is -0.528. The molecule has 3 heterocycles. The number of ketones is 1. The Morgan fingerprint density at radius 3 is 2.96 bits per heavy atom. The Kier molecular flexibility index (Phi) is 2.98. The molecular weight excluding hydrogens is 320 g/mol. The van der Waals surface area contributed by atoms with Crippen LogP contribution in [0.4, 0.5) is 0 Å². The Labute approximate surface area is 146 Å². The van der Waals surface area contributed by atoms with Crippen LogP contribution in [0.25, 0.3) is 0 Å². The van der Waals surface area contributed by atoms with Crippen LogP contribution in [0.15, 0.2) is 34.7 Å². The number of rotatable bonds is 3. The molecule has 4 aliphatic rings. The number of hydrogen-bond donors (Lipinski definition) is 0. The average Bonchev–Trinajstić information content (AvgIpc) is 3.15. The van der Waals surface area contributed by atoms with Gasteiger partial charge in [-0.1, -0.05) is 18.1 Å². The number of esters is 1. The molecule has 6 atom stereocenters. The zero-order valence-electron chi connectivity index (χ0n) is 14.5. The summed E-state index contributed by atoms with van der Waals surface area (Å²) in [6.07, 6.45) is 7.69. The highest BCUT2D eigenvalue weighted by molar-refractivity contribution is 5.96. The van der Waals surface area contributed by atoms with E-state index in [1.54, 1.807) is 6.07 Å². The summed E-state index contributed by atoms with van der Waals surface area (Å²) in [5.74, 6) is 0.0818. The Bertz CT molecular complexity index is 778. The van der Waals surface area contributed by atoms with Gasteiger partial charge >= 0.3 is 5.97 Å². The van der Waals surface area contributed by atoms with Crippen molar-refractivity contribution in [1.29, 1.82) is 0 Å². The first-order valence-corrected chi connectivity index (χ1v) is 9.07. The van der Waals surface area contributed by atoms with Gasteiger partial charge < -0.3 is 13.9 Å². The molecule has 1 aromatic heterocycles. The molecule has 0 unspecified atom stereocenters. The lowest BCUT2D eigenvalue weighted by molar-refractivity contribution is -0.233. The van der Waals surface area contributed by atoms with E-state index in [2.05, 4.69) is 13.0 Å². The molecule has 0 radical (unpaired) electrons. The molecule has 1 saturated carbocycles. The first kappa shape index (κ1) is 15.4. The molecule has 2 aliphatic heterocycles. The van der Waals surface area contributed by atoms with Crippen LogP contribution in [0.2, 0.25) is 0 Å². The van der Waals surface area contributed by atoms with Gasteiger partial charge in [0.15, 0.2) is 5.78 Å². The normalized spacial score (nSPS) is 44.2. The molecule has 2 saturated heterocycles. The van der Waals surface area contributed by atoms with Crippen molar-refractivity contribution in [2.45, 2.75) is 51.9 Å². The predicted molar refractivity (Wildman–Crippen MR) is 87.5 cm³/mol. The summed E-state index contributed by atoms with van der Waals surface area (Å²) >= 11 is 0. The standard InChI is InChI=1S/C20H22O5/c1-11-8-15-16-19(2)5-3-6-20(16,18(24-15)25-17(19)22)13(11)9-14(21)12-4-7-23-10-12/h4,7-8,10,13,15-16,18H,3,5-6,9H2,1-2H3/t13-,15+,16-,18+,19-,20-/m0/s1. The largest absolute Gasteiger partial charge is 0.472 e. The lowest BCUT2D eigenvalue weighted by Gasteiger charge is -2.58. The highest BCUT2D eigenvalue weighted by Gasteiger charge is 2.74. The van der Waals surface area contributed by atoms with Crippen molar-refractivity contribution < 1.29 is 23.5 Å². The minimum Gasteiger partial charge on any atom is -0.472 e. The monoisotopic (exact) mass is 342 g/mol. The van der Waals surface area contributed by atoms with Gasteiger partial charge in [0.1, 0.15) is 6.26 Å². The van der Waals surface area contributed by atoms with E-state index in [0.717, 1.165) is 19.3 Å².